The summed E-state index contributed by atoms with van der Waals surface area (Å²) in [6.07, 6.45) is 7.80. The number of urea groups is 1. The van der Waals surface area contributed by atoms with E-state index in [0.717, 1.165) is 50.4 Å². The summed E-state index contributed by atoms with van der Waals surface area (Å²) in [7, 11) is 2.15. The highest BCUT2D eigenvalue weighted by atomic mass is 16.2. The van der Waals surface area contributed by atoms with Gasteiger partial charge in [-0.1, -0.05) is 19.3 Å². The van der Waals surface area contributed by atoms with Gasteiger partial charge < -0.3 is 20.4 Å². The van der Waals surface area contributed by atoms with Crippen LogP contribution in [0.25, 0.3) is 0 Å². The Hall–Kier alpha value is -1.82. The molecule has 1 aromatic rings. The standard InChI is InChI=1S/C18H29N5O/c1-22-9-11-23(12-10-22)17-13-15(7-8-19-17)14-20-18(24)21-16-5-3-2-4-6-16/h7-8,13,16H,2-6,9-12,14H2,1H3,(H2,20,21,24). The normalized spacial score (nSPS) is 20.0. The Morgan fingerprint density at radius 2 is 1.96 bits per heavy atom. The van der Waals surface area contributed by atoms with E-state index in [1.54, 1.807) is 0 Å². The SMILES string of the molecule is CN1CCN(c2cc(CNC(=O)NC3CCCCC3)ccn2)CC1. The summed E-state index contributed by atoms with van der Waals surface area (Å²) in [4.78, 5) is 21.2. The molecule has 24 heavy (non-hydrogen) atoms. The molecule has 1 aliphatic heterocycles. The Bertz CT molecular complexity index is 536. The number of anilines is 1. The van der Waals surface area contributed by atoms with Crippen molar-refractivity contribution in [3.8, 4) is 0 Å². The highest BCUT2D eigenvalue weighted by Crippen LogP contribution is 2.17. The van der Waals surface area contributed by atoms with Crippen molar-refractivity contribution in [3.63, 3.8) is 0 Å². The summed E-state index contributed by atoms with van der Waals surface area (Å²) in [6, 6.07) is 4.35. The maximum atomic E-state index is 12.1. The maximum absolute atomic E-state index is 12.1. The summed E-state index contributed by atoms with van der Waals surface area (Å²) in [6.45, 7) is 4.68. The molecule has 2 aliphatic rings. The van der Waals surface area contributed by atoms with E-state index in [0.29, 0.717) is 12.6 Å². The molecule has 1 saturated carbocycles. The zero-order valence-corrected chi connectivity index (χ0v) is 14.6. The molecule has 1 aromatic heterocycles. The van der Waals surface area contributed by atoms with Gasteiger partial charge in [0.2, 0.25) is 0 Å². The summed E-state index contributed by atoms with van der Waals surface area (Å²) in [5.74, 6) is 1.01. The van der Waals surface area contributed by atoms with Crippen LogP contribution in [0.2, 0.25) is 0 Å². The molecule has 0 radical (unpaired) electrons. The zero-order chi connectivity index (χ0) is 16.8. The van der Waals surface area contributed by atoms with Crippen LogP contribution in [0, 0.1) is 0 Å². The predicted molar refractivity (Wildman–Crippen MR) is 96.2 cm³/mol. The van der Waals surface area contributed by atoms with Crippen molar-refractivity contribution in [3.05, 3.63) is 23.9 Å². The lowest BCUT2D eigenvalue weighted by Gasteiger charge is -2.33. The van der Waals surface area contributed by atoms with Crippen LogP contribution in [0.5, 0.6) is 0 Å². The minimum Gasteiger partial charge on any atom is -0.354 e. The number of carbonyl (C=O) groups excluding carboxylic acids is 1. The summed E-state index contributed by atoms with van der Waals surface area (Å²) < 4.78 is 0. The molecule has 2 heterocycles. The van der Waals surface area contributed by atoms with Gasteiger partial charge in [-0.25, -0.2) is 9.78 Å². The number of aromatic nitrogens is 1. The number of hydrogen-bond donors (Lipinski definition) is 2. The van der Waals surface area contributed by atoms with E-state index in [1.807, 2.05) is 12.3 Å². The minimum absolute atomic E-state index is 0.0557. The van der Waals surface area contributed by atoms with Gasteiger partial charge in [-0.05, 0) is 37.6 Å². The molecule has 1 saturated heterocycles. The first-order chi connectivity index (χ1) is 11.7. The van der Waals surface area contributed by atoms with Crippen molar-refractivity contribution in [2.24, 2.45) is 0 Å². The van der Waals surface area contributed by atoms with Gasteiger partial charge in [-0.2, -0.15) is 0 Å². The fraction of sp³-hybridized carbons (Fsp3) is 0.667. The number of hydrogen-bond acceptors (Lipinski definition) is 4. The second kappa shape index (κ2) is 8.33. The van der Waals surface area contributed by atoms with Crippen molar-refractivity contribution in [1.82, 2.24) is 20.5 Å². The van der Waals surface area contributed by atoms with Crippen molar-refractivity contribution >= 4 is 11.8 Å². The van der Waals surface area contributed by atoms with Gasteiger partial charge in [0.1, 0.15) is 5.82 Å². The van der Waals surface area contributed by atoms with Crippen molar-refractivity contribution in [2.75, 3.05) is 38.1 Å². The number of amides is 2. The number of likely N-dealkylation sites (N-methyl/N-ethyl adjacent to an activating group) is 1. The van der Waals surface area contributed by atoms with Crippen LogP contribution in [-0.2, 0) is 6.54 Å². The summed E-state index contributed by atoms with van der Waals surface area (Å²) in [5, 5.41) is 6.07. The van der Waals surface area contributed by atoms with Gasteiger partial charge in [0.25, 0.3) is 0 Å². The summed E-state index contributed by atoms with van der Waals surface area (Å²) >= 11 is 0. The first-order valence-electron chi connectivity index (χ1n) is 9.13. The van der Waals surface area contributed by atoms with Gasteiger partial charge in [0.15, 0.2) is 0 Å². The topological polar surface area (TPSA) is 60.5 Å². The van der Waals surface area contributed by atoms with Gasteiger partial charge in [-0.3, -0.25) is 0 Å². The molecule has 2 N–H and O–H groups in total. The van der Waals surface area contributed by atoms with Crippen LogP contribution in [0.4, 0.5) is 10.6 Å². The molecule has 0 atom stereocenters. The van der Waals surface area contributed by atoms with Gasteiger partial charge in [0.05, 0.1) is 0 Å². The van der Waals surface area contributed by atoms with E-state index in [4.69, 9.17) is 0 Å². The molecular weight excluding hydrogens is 302 g/mol. The van der Waals surface area contributed by atoms with Crippen molar-refractivity contribution in [2.45, 2.75) is 44.7 Å². The van der Waals surface area contributed by atoms with E-state index in [1.165, 1.54) is 19.3 Å². The molecule has 0 spiro atoms. The predicted octanol–water partition coefficient (Wildman–Crippen LogP) is 1.97. The molecule has 0 unspecified atom stereocenters. The minimum atomic E-state index is -0.0557. The molecule has 2 amide bonds. The number of piperazine rings is 1. The number of pyridine rings is 1. The third-order valence-corrected chi connectivity index (χ3v) is 5.03. The van der Waals surface area contributed by atoms with Crippen LogP contribution >= 0.6 is 0 Å². The smallest absolute Gasteiger partial charge is 0.315 e. The third kappa shape index (κ3) is 4.84. The fourth-order valence-electron chi connectivity index (χ4n) is 3.44. The lowest BCUT2D eigenvalue weighted by Crippen LogP contribution is -2.45. The average molecular weight is 331 g/mol. The second-order valence-electron chi connectivity index (χ2n) is 6.97. The van der Waals surface area contributed by atoms with E-state index >= 15 is 0 Å². The quantitative estimate of drug-likeness (QED) is 0.885. The van der Waals surface area contributed by atoms with Gasteiger partial charge in [-0.15, -0.1) is 0 Å². The number of carbonyl (C=O) groups is 1. The molecule has 3 rings (SSSR count). The van der Waals surface area contributed by atoms with E-state index in [-0.39, 0.29) is 6.03 Å². The molecule has 2 fully saturated rings. The summed E-state index contributed by atoms with van der Waals surface area (Å²) in [5.41, 5.74) is 1.10. The first-order valence-corrected chi connectivity index (χ1v) is 9.13. The first kappa shape index (κ1) is 17.0. The average Bonchev–Trinajstić information content (AvgIpc) is 2.62. The monoisotopic (exact) mass is 331 g/mol. The van der Waals surface area contributed by atoms with Crippen LogP contribution in [-0.4, -0.2) is 55.2 Å². The largest absolute Gasteiger partial charge is 0.354 e. The van der Waals surface area contributed by atoms with Crippen LogP contribution in [0.15, 0.2) is 18.3 Å². The van der Waals surface area contributed by atoms with Crippen LogP contribution in [0.3, 0.4) is 0 Å². The van der Waals surface area contributed by atoms with Gasteiger partial charge in [0, 0.05) is 45.0 Å². The fourth-order valence-corrected chi connectivity index (χ4v) is 3.44. The molecule has 132 valence electrons. The molecule has 0 bridgehead atoms. The van der Waals surface area contributed by atoms with E-state index in [9.17, 15) is 4.79 Å². The molecule has 6 nitrogen and oxygen atoms in total. The highest BCUT2D eigenvalue weighted by Gasteiger charge is 2.17. The lowest BCUT2D eigenvalue weighted by molar-refractivity contribution is 0.232. The second-order valence-corrected chi connectivity index (χ2v) is 6.97. The maximum Gasteiger partial charge on any atom is 0.315 e. The Balaban J connectivity index is 1.48. The number of rotatable bonds is 4. The molecule has 1 aliphatic carbocycles. The Kier molecular flexibility index (Phi) is 5.91. The Morgan fingerprint density at radius 1 is 1.21 bits per heavy atom. The van der Waals surface area contributed by atoms with Crippen LogP contribution < -0.4 is 15.5 Å². The Morgan fingerprint density at radius 3 is 2.71 bits per heavy atom. The molecule has 0 aromatic carbocycles. The molecule has 6 heteroatoms. The van der Waals surface area contributed by atoms with Crippen molar-refractivity contribution < 1.29 is 4.79 Å². The third-order valence-electron chi connectivity index (χ3n) is 5.03. The van der Waals surface area contributed by atoms with Crippen molar-refractivity contribution in [1.29, 1.82) is 0 Å². The number of nitrogens with one attached hydrogen (secondary N) is 2. The zero-order valence-electron chi connectivity index (χ0n) is 14.6. The van der Waals surface area contributed by atoms with Gasteiger partial charge >= 0.3 is 6.03 Å². The highest BCUT2D eigenvalue weighted by molar-refractivity contribution is 5.74. The van der Waals surface area contributed by atoms with E-state index in [2.05, 4.69) is 38.5 Å². The Labute approximate surface area is 144 Å². The van der Waals surface area contributed by atoms with Crippen LogP contribution in [0.1, 0.15) is 37.7 Å². The molecular formula is C18H29N5O. The number of nitrogens with zero attached hydrogens (tertiary/aromatic N) is 3. The lowest BCUT2D eigenvalue weighted by atomic mass is 9.96. The van der Waals surface area contributed by atoms with E-state index < -0.39 is 0 Å².